The lowest BCUT2D eigenvalue weighted by Crippen LogP contribution is -2.36. The standard InChI is InChI=1S/C23H26N4O3/c24-19-9-13(6-8-25-19)12-27-18-11-15-4-1-3-14(15)10-17(18)20(21(27)23(29)30)16-5-2-7-26-22(16)28/h2,5-7,9-11,14-15,23,25,29-30H,1,3-4,8,12,24H2,(H,26,28). The molecule has 7 heteroatoms. The Morgan fingerprint density at radius 3 is 2.77 bits per heavy atom. The summed E-state index contributed by atoms with van der Waals surface area (Å²) in [6, 6.07) is 3.50. The van der Waals surface area contributed by atoms with E-state index < -0.39 is 6.29 Å². The van der Waals surface area contributed by atoms with Crippen LogP contribution in [0, 0.1) is 11.8 Å². The van der Waals surface area contributed by atoms with Crippen LogP contribution in [0.3, 0.4) is 0 Å². The van der Waals surface area contributed by atoms with Gasteiger partial charge in [-0.05, 0) is 48.5 Å². The number of dihydropyridines is 1. The molecule has 156 valence electrons. The molecule has 2 aromatic rings. The van der Waals surface area contributed by atoms with Crippen LogP contribution in [0.2, 0.25) is 0 Å². The highest BCUT2D eigenvalue weighted by Crippen LogP contribution is 2.36. The number of nitrogens with two attached hydrogens (primary N) is 1. The molecule has 1 fully saturated rings. The fourth-order valence-corrected chi connectivity index (χ4v) is 5.12. The van der Waals surface area contributed by atoms with Crippen LogP contribution in [0.5, 0.6) is 0 Å². The molecule has 5 rings (SSSR count). The molecule has 3 aliphatic rings. The molecule has 0 radical (unpaired) electrons. The van der Waals surface area contributed by atoms with Crippen molar-refractivity contribution in [2.75, 3.05) is 6.54 Å². The summed E-state index contributed by atoms with van der Waals surface area (Å²) in [5, 5.41) is 25.7. The Bertz CT molecular complexity index is 1230. The van der Waals surface area contributed by atoms with E-state index in [1.165, 1.54) is 6.42 Å². The first-order valence-electron chi connectivity index (χ1n) is 10.4. The Labute approximate surface area is 173 Å². The summed E-state index contributed by atoms with van der Waals surface area (Å²) >= 11 is 0. The van der Waals surface area contributed by atoms with E-state index in [1.54, 1.807) is 18.3 Å². The van der Waals surface area contributed by atoms with Gasteiger partial charge in [0.2, 0.25) is 0 Å². The molecular weight excluding hydrogens is 380 g/mol. The van der Waals surface area contributed by atoms with Gasteiger partial charge in [-0.3, -0.25) is 4.79 Å². The van der Waals surface area contributed by atoms with Gasteiger partial charge in [0, 0.05) is 41.0 Å². The predicted molar refractivity (Wildman–Crippen MR) is 115 cm³/mol. The first-order chi connectivity index (χ1) is 14.5. The van der Waals surface area contributed by atoms with Crippen LogP contribution in [0.1, 0.15) is 31.2 Å². The lowest BCUT2D eigenvalue weighted by Gasteiger charge is -2.18. The van der Waals surface area contributed by atoms with Crippen molar-refractivity contribution in [3.8, 4) is 11.1 Å². The highest BCUT2D eigenvalue weighted by atomic mass is 16.5. The second-order valence-electron chi connectivity index (χ2n) is 8.28. The van der Waals surface area contributed by atoms with Gasteiger partial charge < -0.3 is 30.8 Å². The van der Waals surface area contributed by atoms with Gasteiger partial charge in [-0.2, -0.15) is 0 Å². The zero-order valence-electron chi connectivity index (χ0n) is 16.6. The average Bonchev–Trinajstić information content (AvgIpc) is 3.29. The SMILES string of the molecule is NC1=CC(Cn2c(C(O)O)c(-c3ccc[nH]c3=O)c3c2=CC2CCCC2C=3)=CCN1. The van der Waals surface area contributed by atoms with Gasteiger partial charge in [-0.25, -0.2) is 0 Å². The van der Waals surface area contributed by atoms with E-state index in [0.717, 1.165) is 29.0 Å². The summed E-state index contributed by atoms with van der Waals surface area (Å²) in [5.41, 5.74) is 8.09. The van der Waals surface area contributed by atoms with Crippen LogP contribution in [0.4, 0.5) is 0 Å². The quantitative estimate of drug-likeness (QED) is 0.464. The Kier molecular flexibility index (Phi) is 4.64. The van der Waals surface area contributed by atoms with Crippen LogP contribution in [0.25, 0.3) is 23.3 Å². The lowest BCUT2D eigenvalue weighted by molar-refractivity contribution is -0.0477. The number of hydrogen-bond acceptors (Lipinski definition) is 5. The van der Waals surface area contributed by atoms with Crippen molar-refractivity contribution >= 4 is 12.2 Å². The molecule has 2 atom stereocenters. The third kappa shape index (κ3) is 3.11. The highest BCUT2D eigenvalue weighted by Gasteiger charge is 2.30. The zero-order valence-corrected chi connectivity index (χ0v) is 16.6. The van der Waals surface area contributed by atoms with Crippen LogP contribution < -0.4 is 27.2 Å². The number of aliphatic hydroxyl groups excluding tert-OH is 1. The maximum atomic E-state index is 12.7. The molecule has 0 aromatic carbocycles. The molecule has 0 spiro atoms. The maximum absolute atomic E-state index is 12.7. The minimum Gasteiger partial charge on any atom is -0.386 e. The number of aromatic nitrogens is 2. The molecule has 6 N–H and O–H groups in total. The van der Waals surface area contributed by atoms with Crippen molar-refractivity contribution in [3.63, 3.8) is 0 Å². The van der Waals surface area contributed by atoms with E-state index in [9.17, 15) is 15.0 Å². The van der Waals surface area contributed by atoms with E-state index >= 15 is 0 Å². The minimum absolute atomic E-state index is 0.244. The smallest absolute Gasteiger partial charge is 0.255 e. The first kappa shape index (κ1) is 19.0. The molecule has 30 heavy (non-hydrogen) atoms. The number of hydrogen-bond donors (Lipinski definition) is 5. The van der Waals surface area contributed by atoms with E-state index in [1.807, 2.05) is 16.7 Å². The second-order valence-corrected chi connectivity index (χ2v) is 8.28. The maximum Gasteiger partial charge on any atom is 0.255 e. The molecule has 3 heterocycles. The topological polar surface area (TPSA) is 116 Å². The van der Waals surface area contributed by atoms with Gasteiger partial charge in [0.05, 0.1) is 11.5 Å². The number of nitrogens with one attached hydrogen (secondary N) is 2. The molecule has 7 nitrogen and oxygen atoms in total. The Morgan fingerprint density at radius 1 is 1.23 bits per heavy atom. The van der Waals surface area contributed by atoms with E-state index in [-0.39, 0.29) is 5.56 Å². The molecule has 2 unspecified atom stereocenters. The molecule has 1 saturated carbocycles. The summed E-state index contributed by atoms with van der Waals surface area (Å²) in [5.74, 6) is 1.46. The van der Waals surface area contributed by atoms with Crippen molar-refractivity contribution in [2.24, 2.45) is 17.6 Å². The van der Waals surface area contributed by atoms with Crippen LogP contribution >= 0.6 is 0 Å². The predicted octanol–water partition coefficient (Wildman–Crippen LogP) is 0.147. The third-order valence-electron chi connectivity index (χ3n) is 6.44. The van der Waals surface area contributed by atoms with Crippen molar-refractivity contribution in [1.82, 2.24) is 14.9 Å². The van der Waals surface area contributed by atoms with Gasteiger partial charge >= 0.3 is 0 Å². The number of rotatable bonds is 4. The van der Waals surface area contributed by atoms with Gasteiger partial charge in [0.15, 0.2) is 6.29 Å². The number of allylic oxidation sites excluding steroid dienone is 2. The number of nitrogens with zero attached hydrogens (tertiary/aromatic N) is 1. The van der Waals surface area contributed by atoms with Crippen LogP contribution in [-0.2, 0) is 6.54 Å². The Hall–Kier alpha value is -3.03. The van der Waals surface area contributed by atoms with E-state index in [2.05, 4.69) is 22.5 Å². The average molecular weight is 406 g/mol. The largest absolute Gasteiger partial charge is 0.386 e. The van der Waals surface area contributed by atoms with Gasteiger partial charge in [0.25, 0.3) is 5.56 Å². The number of fused-ring (bicyclic) bond motifs is 2. The number of pyridine rings is 1. The van der Waals surface area contributed by atoms with Crippen LogP contribution in [0.15, 0.2) is 46.7 Å². The second kappa shape index (κ2) is 7.34. The van der Waals surface area contributed by atoms with Gasteiger partial charge in [0.1, 0.15) is 0 Å². The van der Waals surface area contributed by atoms with Crippen molar-refractivity contribution < 1.29 is 10.2 Å². The molecule has 0 amide bonds. The Morgan fingerprint density at radius 2 is 2.03 bits per heavy atom. The molecule has 0 bridgehead atoms. The first-order valence-corrected chi connectivity index (χ1v) is 10.4. The molecular formula is C23H26N4O3. The van der Waals surface area contributed by atoms with Crippen molar-refractivity contribution in [2.45, 2.75) is 32.1 Å². The highest BCUT2D eigenvalue weighted by molar-refractivity contribution is 5.70. The fourth-order valence-electron chi connectivity index (χ4n) is 5.12. The number of H-pyrrole nitrogens is 1. The third-order valence-corrected chi connectivity index (χ3v) is 6.44. The summed E-state index contributed by atoms with van der Waals surface area (Å²) in [7, 11) is 0. The van der Waals surface area contributed by atoms with Gasteiger partial charge in [-0.15, -0.1) is 0 Å². The van der Waals surface area contributed by atoms with Gasteiger partial charge in [-0.1, -0.05) is 24.6 Å². The van der Waals surface area contributed by atoms with Crippen molar-refractivity contribution in [1.29, 1.82) is 0 Å². The summed E-state index contributed by atoms with van der Waals surface area (Å²) in [6.45, 7) is 1.08. The van der Waals surface area contributed by atoms with E-state index in [4.69, 9.17) is 5.73 Å². The number of aromatic amines is 1. The number of aliphatic hydroxyl groups is 2. The van der Waals surface area contributed by atoms with E-state index in [0.29, 0.717) is 47.6 Å². The molecule has 2 aromatic heterocycles. The summed E-state index contributed by atoms with van der Waals surface area (Å²) < 4.78 is 1.94. The normalized spacial score (nSPS) is 22.4. The molecule has 1 aliphatic heterocycles. The van der Waals surface area contributed by atoms with Crippen LogP contribution in [-0.4, -0.2) is 26.3 Å². The fraction of sp³-hybridized carbons (Fsp3) is 0.348. The molecule has 0 saturated heterocycles. The zero-order chi connectivity index (χ0) is 20.8. The summed E-state index contributed by atoms with van der Waals surface area (Å²) in [4.78, 5) is 15.4. The van der Waals surface area contributed by atoms with Crippen molar-refractivity contribution in [3.05, 3.63) is 68.5 Å². The monoisotopic (exact) mass is 406 g/mol. The Balaban J connectivity index is 1.80. The molecule has 2 aliphatic carbocycles. The summed E-state index contributed by atoms with van der Waals surface area (Å²) in [6.07, 6.45) is 11.7. The minimum atomic E-state index is -1.71. The lowest BCUT2D eigenvalue weighted by atomic mass is 9.90.